The molecule has 1 aliphatic rings. The van der Waals surface area contributed by atoms with Crippen molar-refractivity contribution in [1.82, 2.24) is 4.90 Å². The fraction of sp³-hybridized carbons (Fsp3) is 0.600. The number of nitrogens with zero attached hydrogens (tertiary/aromatic N) is 1. The van der Waals surface area contributed by atoms with Crippen LogP contribution in [0.3, 0.4) is 0 Å². The minimum Gasteiger partial charge on any atom is -0.390 e. The number of hydrogen-bond acceptors (Lipinski definition) is 4. The lowest BCUT2D eigenvalue weighted by atomic mass is 9.98. The van der Waals surface area contributed by atoms with Crippen LogP contribution in [0.15, 0.2) is 11.4 Å². The second kappa shape index (κ2) is 6.53. The predicted molar refractivity (Wildman–Crippen MR) is 80.0 cm³/mol. The number of thiophene rings is 1. The summed E-state index contributed by atoms with van der Waals surface area (Å²) in [5.74, 6) is 6.05. The zero-order valence-electron chi connectivity index (χ0n) is 11.5. The topological polar surface area (TPSA) is 49.5 Å². The Balaban J connectivity index is 1.99. The van der Waals surface area contributed by atoms with Crippen LogP contribution in [0, 0.1) is 11.8 Å². The first kappa shape index (κ1) is 14.5. The van der Waals surface area contributed by atoms with Crippen molar-refractivity contribution in [2.45, 2.75) is 38.3 Å². The normalized spacial score (nSPS) is 24.6. The molecule has 0 bridgehead atoms. The van der Waals surface area contributed by atoms with Gasteiger partial charge in [0.2, 0.25) is 0 Å². The lowest BCUT2D eigenvalue weighted by Crippen LogP contribution is -2.28. The van der Waals surface area contributed by atoms with Gasteiger partial charge in [-0.3, -0.25) is 4.90 Å². The molecule has 0 spiro atoms. The summed E-state index contributed by atoms with van der Waals surface area (Å²) >= 11 is 1.75. The Morgan fingerprint density at radius 3 is 3.11 bits per heavy atom. The highest BCUT2D eigenvalue weighted by Crippen LogP contribution is 2.24. The van der Waals surface area contributed by atoms with Crippen LogP contribution in [0.5, 0.6) is 0 Å². The Bertz CT molecular complexity index is 470. The maximum atomic E-state index is 10.1. The van der Waals surface area contributed by atoms with Gasteiger partial charge in [0.1, 0.15) is 0 Å². The summed E-state index contributed by atoms with van der Waals surface area (Å²) in [5.41, 5.74) is 6.03. The van der Waals surface area contributed by atoms with Crippen LogP contribution in [-0.2, 0) is 6.54 Å². The van der Waals surface area contributed by atoms with Gasteiger partial charge in [0.05, 0.1) is 12.1 Å². The van der Waals surface area contributed by atoms with Crippen LogP contribution >= 0.6 is 11.3 Å². The van der Waals surface area contributed by atoms with Gasteiger partial charge >= 0.3 is 0 Å². The first-order chi connectivity index (χ1) is 9.11. The number of rotatable bonds is 2. The van der Waals surface area contributed by atoms with Crippen molar-refractivity contribution in [2.24, 2.45) is 5.73 Å². The second-order valence-electron chi connectivity index (χ2n) is 5.39. The van der Waals surface area contributed by atoms with E-state index in [0.29, 0.717) is 6.54 Å². The molecule has 0 saturated carbocycles. The lowest BCUT2D eigenvalue weighted by Gasteiger charge is -2.22. The monoisotopic (exact) mass is 278 g/mol. The average Bonchev–Trinajstić information content (AvgIpc) is 2.72. The van der Waals surface area contributed by atoms with Gasteiger partial charge in [0, 0.05) is 23.5 Å². The number of aliphatic hydroxyl groups is 1. The molecule has 1 fully saturated rings. The Morgan fingerprint density at radius 1 is 1.47 bits per heavy atom. The van der Waals surface area contributed by atoms with Gasteiger partial charge in [0.25, 0.3) is 0 Å². The molecule has 1 atom stereocenters. The first-order valence-corrected chi connectivity index (χ1v) is 7.69. The van der Waals surface area contributed by atoms with E-state index >= 15 is 0 Å². The minimum absolute atomic E-state index is 0.405. The van der Waals surface area contributed by atoms with Crippen LogP contribution in [-0.4, -0.2) is 35.2 Å². The Kier molecular flexibility index (Phi) is 5.00. The molecule has 2 heterocycles. The fourth-order valence-electron chi connectivity index (χ4n) is 2.40. The third-order valence-corrected chi connectivity index (χ3v) is 4.50. The standard InChI is InChI=1S/C15H22N2OS/c1-15(18)6-3-9-17(10-7-15)12-14-13(4-2-8-16)5-11-19-14/h5,11,18H,3,6-10,12,16H2,1H3. The SMILES string of the molecule is CC1(O)CCCN(Cc2sccc2C#CCN)CC1. The molecular formula is C15H22N2OS. The van der Waals surface area contributed by atoms with E-state index in [1.807, 2.05) is 6.92 Å². The first-order valence-electron chi connectivity index (χ1n) is 6.81. The number of nitrogens with two attached hydrogens (primary N) is 1. The summed E-state index contributed by atoms with van der Waals surface area (Å²) < 4.78 is 0. The van der Waals surface area contributed by atoms with Gasteiger partial charge < -0.3 is 10.8 Å². The molecule has 1 aromatic rings. The quantitative estimate of drug-likeness (QED) is 0.811. The van der Waals surface area contributed by atoms with E-state index in [0.717, 1.165) is 44.5 Å². The lowest BCUT2D eigenvalue weighted by molar-refractivity contribution is 0.0444. The zero-order valence-corrected chi connectivity index (χ0v) is 12.3. The van der Waals surface area contributed by atoms with Gasteiger partial charge in [-0.15, -0.1) is 11.3 Å². The second-order valence-corrected chi connectivity index (χ2v) is 6.39. The van der Waals surface area contributed by atoms with Crippen molar-refractivity contribution < 1.29 is 5.11 Å². The van der Waals surface area contributed by atoms with Crippen LogP contribution in [0.1, 0.15) is 36.6 Å². The van der Waals surface area contributed by atoms with E-state index in [1.165, 1.54) is 4.88 Å². The average molecular weight is 278 g/mol. The van der Waals surface area contributed by atoms with Gasteiger partial charge in [-0.25, -0.2) is 0 Å². The molecule has 3 N–H and O–H groups in total. The van der Waals surface area contributed by atoms with Gasteiger partial charge in [0.15, 0.2) is 0 Å². The minimum atomic E-state index is -0.494. The predicted octanol–water partition coefficient (Wildman–Crippen LogP) is 1.80. The largest absolute Gasteiger partial charge is 0.390 e. The van der Waals surface area contributed by atoms with E-state index in [-0.39, 0.29) is 0 Å². The molecule has 3 nitrogen and oxygen atoms in total. The van der Waals surface area contributed by atoms with E-state index in [4.69, 9.17) is 5.73 Å². The van der Waals surface area contributed by atoms with E-state index in [1.54, 1.807) is 11.3 Å². The van der Waals surface area contributed by atoms with Crippen molar-refractivity contribution >= 4 is 11.3 Å². The molecule has 104 valence electrons. The Morgan fingerprint density at radius 2 is 2.32 bits per heavy atom. The highest BCUT2D eigenvalue weighted by atomic mass is 32.1. The van der Waals surface area contributed by atoms with Crippen LogP contribution < -0.4 is 5.73 Å². The van der Waals surface area contributed by atoms with Crippen LogP contribution in [0.2, 0.25) is 0 Å². The highest BCUT2D eigenvalue weighted by Gasteiger charge is 2.25. The van der Waals surface area contributed by atoms with Gasteiger partial charge in [-0.05, 0) is 44.2 Å². The van der Waals surface area contributed by atoms with Crippen molar-refractivity contribution in [3.05, 3.63) is 21.9 Å². The third kappa shape index (κ3) is 4.32. The molecule has 4 heteroatoms. The molecule has 19 heavy (non-hydrogen) atoms. The van der Waals surface area contributed by atoms with Gasteiger partial charge in [-0.1, -0.05) is 11.8 Å². The van der Waals surface area contributed by atoms with Crippen LogP contribution in [0.25, 0.3) is 0 Å². The molecule has 1 saturated heterocycles. The van der Waals surface area contributed by atoms with Crippen molar-refractivity contribution in [1.29, 1.82) is 0 Å². The third-order valence-electron chi connectivity index (χ3n) is 3.59. The summed E-state index contributed by atoms with van der Waals surface area (Å²) in [6.45, 7) is 5.29. The molecule has 1 aromatic heterocycles. The summed E-state index contributed by atoms with van der Waals surface area (Å²) in [7, 11) is 0. The van der Waals surface area contributed by atoms with E-state index in [9.17, 15) is 5.11 Å². The number of likely N-dealkylation sites (tertiary alicyclic amines) is 1. The van der Waals surface area contributed by atoms with Gasteiger partial charge in [-0.2, -0.15) is 0 Å². The van der Waals surface area contributed by atoms with Crippen LogP contribution in [0.4, 0.5) is 0 Å². The van der Waals surface area contributed by atoms with Crippen molar-refractivity contribution in [2.75, 3.05) is 19.6 Å². The maximum Gasteiger partial charge on any atom is 0.0632 e. The molecule has 0 aliphatic carbocycles. The molecule has 0 aromatic carbocycles. The molecule has 0 amide bonds. The molecule has 1 aliphatic heterocycles. The number of hydrogen-bond donors (Lipinski definition) is 2. The summed E-state index contributed by atoms with van der Waals surface area (Å²) in [4.78, 5) is 3.73. The highest BCUT2D eigenvalue weighted by molar-refractivity contribution is 7.10. The van der Waals surface area contributed by atoms with Crippen molar-refractivity contribution in [3.8, 4) is 11.8 Å². The smallest absolute Gasteiger partial charge is 0.0632 e. The Labute approximate surface area is 119 Å². The summed E-state index contributed by atoms with van der Waals surface area (Å²) in [5, 5.41) is 12.2. The van der Waals surface area contributed by atoms with E-state index in [2.05, 4.69) is 28.2 Å². The fourth-order valence-corrected chi connectivity index (χ4v) is 3.27. The molecule has 1 unspecified atom stereocenters. The van der Waals surface area contributed by atoms with Crippen molar-refractivity contribution in [3.63, 3.8) is 0 Å². The summed E-state index contributed by atoms with van der Waals surface area (Å²) in [6.07, 6.45) is 2.80. The Hall–Kier alpha value is -0.860. The molecule has 0 radical (unpaired) electrons. The zero-order chi connectivity index (χ0) is 13.7. The maximum absolute atomic E-state index is 10.1. The summed E-state index contributed by atoms with van der Waals surface area (Å²) in [6, 6.07) is 2.07. The van der Waals surface area contributed by atoms with E-state index < -0.39 is 5.60 Å². The molecular weight excluding hydrogens is 256 g/mol. The molecule has 2 rings (SSSR count).